The fraction of sp³-hybridized carbons (Fsp3) is 0.100. The predicted octanol–water partition coefficient (Wildman–Crippen LogP) is 4.77. The lowest BCUT2D eigenvalue weighted by Crippen LogP contribution is -2.08. The number of carbonyl (C=O) groups is 1. The lowest BCUT2D eigenvalue weighted by atomic mass is 10.1. The van der Waals surface area contributed by atoms with Crippen LogP contribution in [-0.2, 0) is 11.3 Å². The van der Waals surface area contributed by atoms with Gasteiger partial charge in [-0.1, -0.05) is 54.1 Å². The van der Waals surface area contributed by atoms with Crippen molar-refractivity contribution in [3.8, 4) is 16.9 Å². The Morgan fingerprint density at radius 3 is 2.56 bits per heavy atom. The summed E-state index contributed by atoms with van der Waals surface area (Å²) in [4.78, 5) is 16.2. The van der Waals surface area contributed by atoms with Crippen LogP contribution in [0.1, 0.15) is 16.1 Å². The molecule has 126 valence electrons. The van der Waals surface area contributed by atoms with Gasteiger partial charge in [0.2, 0.25) is 0 Å². The topological polar surface area (TPSA) is 48.4 Å². The molecular weight excluding hydrogens is 338 g/mol. The Hall–Kier alpha value is -2.85. The van der Waals surface area contributed by atoms with Crippen molar-refractivity contribution >= 4 is 17.6 Å². The summed E-state index contributed by atoms with van der Waals surface area (Å²) in [5, 5.41) is 0.626. The molecule has 0 unspecified atom stereocenters. The van der Waals surface area contributed by atoms with Crippen LogP contribution in [0.15, 0.2) is 66.9 Å². The second-order valence-corrected chi connectivity index (χ2v) is 5.78. The summed E-state index contributed by atoms with van der Waals surface area (Å²) < 4.78 is 10.6. The molecular formula is C20H16ClNO3. The molecule has 0 fully saturated rings. The molecule has 3 rings (SSSR count). The van der Waals surface area contributed by atoms with E-state index in [0.717, 1.165) is 16.7 Å². The zero-order chi connectivity index (χ0) is 17.6. The highest BCUT2D eigenvalue weighted by molar-refractivity contribution is 6.30. The number of methoxy groups -OCH3 is 1. The van der Waals surface area contributed by atoms with Gasteiger partial charge in [0, 0.05) is 16.8 Å². The summed E-state index contributed by atoms with van der Waals surface area (Å²) in [6, 6.07) is 18.9. The zero-order valence-electron chi connectivity index (χ0n) is 13.6. The highest BCUT2D eigenvalue weighted by atomic mass is 35.5. The minimum absolute atomic E-state index is 0.143. The smallest absolute Gasteiger partial charge is 0.360 e. The van der Waals surface area contributed by atoms with Crippen LogP contribution >= 0.6 is 11.6 Å². The molecule has 0 aliphatic heterocycles. The molecule has 0 amide bonds. The summed E-state index contributed by atoms with van der Waals surface area (Å²) >= 11 is 6.05. The van der Waals surface area contributed by atoms with Gasteiger partial charge in [0.25, 0.3) is 0 Å². The molecule has 0 saturated carbocycles. The van der Waals surface area contributed by atoms with E-state index < -0.39 is 5.97 Å². The first-order chi connectivity index (χ1) is 12.2. The Kier molecular flexibility index (Phi) is 5.31. The van der Waals surface area contributed by atoms with Crippen LogP contribution in [0.4, 0.5) is 0 Å². The Balaban J connectivity index is 1.94. The summed E-state index contributed by atoms with van der Waals surface area (Å²) in [6.45, 7) is 0.325. The van der Waals surface area contributed by atoms with Crippen LogP contribution < -0.4 is 4.74 Å². The molecule has 3 aromatic rings. The average molecular weight is 354 g/mol. The van der Waals surface area contributed by atoms with Gasteiger partial charge in [-0.2, -0.15) is 0 Å². The summed E-state index contributed by atoms with van der Waals surface area (Å²) in [5.41, 5.74) is 2.83. The van der Waals surface area contributed by atoms with E-state index in [-0.39, 0.29) is 5.69 Å². The number of hydrogen-bond donors (Lipinski definition) is 0. The maximum Gasteiger partial charge on any atom is 0.360 e. The molecule has 0 atom stereocenters. The van der Waals surface area contributed by atoms with Crippen molar-refractivity contribution < 1.29 is 14.3 Å². The van der Waals surface area contributed by atoms with Crippen LogP contribution in [0.5, 0.6) is 5.75 Å². The first kappa shape index (κ1) is 17.0. The van der Waals surface area contributed by atoms with Gasteiger partial charge >= 0.3 is 5.97 Å². The molecule has 0 aliphatic rings. The van der Waals surface area contributed by atoms with Gasteiger partial charge in [-0.3, -0.25) is 0 Å². The van der Waals surface area contributed by atoms with E-state index in [9.17, 15) is 4.79 Å². The number of rotatable bonds is 5. The van der Waals surface area contributed by atoms with Crippen LogP contribution in [-0.4, -0.2) is 18.1 Å². The number of halogens is 1. The second kappa shape index (κ2) is 7.81. The molecule has 1 aromatic heterocycles. The average Bonchev–Trinajstić information content (AvgIpc) is 2.66. The Labute approximate surface area is 151 Å². The largest absolute Gasteiger partial charge is 0.486 e. The molecule has 0 saturated heterocycles. The quantitative estimate of drug-likeness (QED) is 0.620. The third kappa shape index (κ3) is 4.17. The molecule has 2 aromatic carbocycles. The number of carbonyl (C=O) groups excluding carboxylic acids is 1. The van der Waals surface area contributed by atoms with E-state index in [1.807, 2.05) is 48.5 Å². The minimum Gasteiger partial charge on any atom is -0.486 e. The fourth-order valence-corrected chi connectivity index (χ4v) is 2.56. The van der Waals surface area contributed by atoms with Gasteiger partial charge < -0.3 is 9.47 Å². The molecule has 25 heavy (non-hydrogen) atoms. The Morgan fingerprint density at radius 1 is 1.04 bits per heavy atom. The van der Waals surface area contributed by atoms with Gasteiger partial charge in [-0.15, -0.1) is 0 Å². The monoisotopic (exact) mass is 353 g/mol. The first-order valence-electron chi connectivity index (χ1n) is 7.68. The van der Waals surface area contributed by atoms with Gasteiger partial charge in [0.05, 0.1) is 7.11 Å². The van der Waals surface area contributed by atoms with Gasteiger partial charge in [0.1, 0.15) is 6.61 Å². The maximum atomic E-state index is 12.0. The van der Waals surface area contributed by atoms with Crippen molar-refractivity contribution in [3.05, 3.63) is 83.1 Å². The lowest BCUT2D eigenvalue weighted by molar-refractivity contribution is 0.0588. The number of aromatic nitrogens is 1. The number of benzene rings is 2. The molecule has 0 spiro atoms. The van der Waals surface area contributed by atoms with Crippen LogP contribution in [0.2, 0.25) is 5.02 Å². The highest BCUT2D eigenvalue weighted by Crippen LogP contribution is 2.28. The standard InChI is InChI=1S/C20H16ClNO3/c1-24-20(23)19-18(25-13-14-6-3-2-4-7-14)11-16(12-22-19)15-8-5-9-17(21)10-15/h2-12H,13H2,1H3. The second-order valence-electron chi connectivity index (χ2n) is 5.35. The van der Waals surface area contributed by atoms with E-state index in [0.29, 0.717) is 17.4 Å². The van der Waals surface area contributed by atoms with Gasteiger partial charge in [0.15, 0.2) is 11.4 Å². The van der Waals surface area contributed by atoms with E-state index in [1.165, 1.54) is 7.11 Å². The molecule has 4 nitrogen and oxygen atoms in total. The SMILES string of the molecule is COC(=O)c1ncc(-c2cccc(Cl)c2)cc1OCc1ccccc1. The summed E-state index contributed by atoms with van der Waals surface area (Å²) in [7, 11) is 1.32. The Morgan fingerprint density at radius 2 is 1.84 bits per heavy atom. The first-order valence-corrected chi connectivity index (χ1v) is 8.06. The van der Waals surface area contributed by atoms with Crippen LogP contribution in [0.25, 0.3) is 11.1 Å². The van der Waals surface area contributed by atoms with Crippen molar-refractivity contribution in [2.24, 2.45) is 0 Å². The van der Waals surface area contributed by atoms with E-state index >= 15 is 0 Å². The Bertz CT molecular complexity index is 881. The fourth-order valence-electron chi connectivity index (χ4n) is 2.37. The third-order valence-electron chi connectivity index (χ3n) is 3.63. The normalized spacial score (nSPS) is 10.3. The van der Waals surface area contributed by atoms with Crippen molar-refractivity contribution in [1.82, 2.24) is 4.98 Å². The summed E-state index contributed by atoms with van der Waals surface area (Å²) in [6.07, 6.45) is 1.60. The van der Waals surface area contributed by atoms with Crippen molar-refractivity contribution in [2.75, 3.05) is 7.11 Å². The predicted molar refractivity (Wildman–Crippen MR) is 96.8 cm³/mol. The van der Waals surface area contributed by atoms with Gasteiger partial charge in [-0.05, 0) is 29.3 Å². The van der Waals surface area contributed by atoms with Crippen LogP contribution in [0, 0.1) is 0 Å². The van der Waals surface area contributed by atoms with Gasteiger partial charge in [-0.25, -0.2) is 9.78 Å². The number of hydrogen-bond acceptors (Lipinski definition) is 4. The van der Waals surface area contributed by atoms with E-state index in [1.54, 1.807) is 18.3 Å². The number of nitrogens with zero attached hydrogens (tertiary/aromatic N) is 1. The van der Waals surface area contributed by atoms with Crippen molar-refractivity contribution in [1.29, 1.82) is 0 Å². The third-order valence-corrected chi connectivity index (χ3v) is 3.86. The van der Waals surface area contributed by atoms with E-state index in [4.69, 9.17) is 21.1 Å². The molecule has 5 heteroatoms. The molecule has 0 radical (unpaired) electrons. The summed E-state index contributed by atoms with van der Waals surface area (Å²) in [5.74, 6) is -0.172. The highest BCUT2D eigenvalue weighted by Gasteiger charge is 2.16. The molecule has 0 N–H and O–H groups in total. The van der Waals surface area contributed by atoms with Crippen LogP contribution in [0.3, 0.4) is 0 Å². The van der Waals surface area contributed by atoms with Crippen molar-refractivity contribution in [2.45, 2.75) is 6.61 Å². The number of esters is 1. The van der Waals surface area contributed by atoms with E-state index in [2.05, 4.69) is 4.98 Å². The molecule has 0 aliphatic carbocycles. The van der Waals surface area contributed by atoms with Crippen molar-refractivity contribution in [3.63, 3.8) is 0 Å². The maximum absolute atomic E-state index is 12.0. The number of pyridine rings is 1. The minimum atomic E-state index is -0.541. The lowest BCUT2D eigenvalue weighted by Gasteiger charge is -2.12. The molecule has 1 heterocycles. The zero-order valence-corrected chi connectivity index (χ0v) is 14.4. The molecule has 0 bridgehead atoms. The number of ether oxygens (including phenoxy) is 2.